The molecular weight excluding hydrogens is 379 g/mol. The summed E-state index contributed by atoms with van der Waals surface area (Å²) < 4.78 is 16.1. The second kappa shape index (κ2) is 7.76. The quantitative estimate of drug-likeness (QED) is 0.570. The predicted molar refractivity (Wildman–Crippen MR) is 96.6 cm³/mol. The van der Waals surface area contributed by atoms with Gasteiger partial charge in [-0.2, -0.15) is 0 Å². The lowest BCUT2D eigenvalue weighted by Crippen LogP contribution is -2.10. The van der Waals surface area contributed by atoms with Gasteiger partial charge >= 0.3 is 5.97 Å². The Balaban J connectivity index is 1.74. The first-order valence-electron chi connectivity index (χ1n) is 7.62. The molecule has 1 atom stereocenters. The SMILES string of the molecule is COc1ccc(-c2nnc(C(C)OC(=O)c3cccc(Cl)c3Cl)o2)cc1. The first-order valence-corrected chi connectivity index (χ1v) is 8.38. The van der Waals surface area contributed by atoms with Crippen molar-refractivity contribution in [2.24, 2.45) is 0 Å². The number of ether oxygens (including phenoxy) is 2. The lowest BCUT2D eigenvalue weighted by Gasteiger charge is -2.10. The van der Waals surface area contributed by atoms with Crippen molar-refractivity contribution >= 4 is 29.2 Å². The largest absolute Gasteiger partial charge is 0.497 e. The summed E-state index contributed by atoms with van der Waals surface area (Å²) in [5.74, 6) is 0.567. The normalized spacial score (nSPS) is 11.8. The summed E-state index contributed by atoms with van der Waals surface area (Å²) >= 11 is 11.9. The Morgan fingerprint density at radius 3 is 2.54 bits per heavy atom. The van der Waals surface area contributed by atoms with Gasteiger partial charge in [-0.3, -0.25) is 0 Å². The number of halogens is 2. The molecule has 1 heterocycles. The van der Waals surface area contributed by atoms with Crippen molar-refractivity contribution in [2.45, 2.75) is 13.0 Å². The number of benzene rings is 2. The molecule has 3 rings (SSSR count). The van der Waals surface area contributed by atoms with Gasteiger partial charge in [-0.15, -0.1) is 10.2 Å². The van der Waals surface area contributed by atoms with Crippen LogP contribution in [0.2, 0.25) is 10.0 Å². The minimum atomic E-state index is -0.753. The van der Waals surface area contributed by atoms with Crippen LogP contribution in [0.1, 0.15) is 29.3 Å². The molecule has 0 aliphatic heterocycles. The summed E-state index contributed by atoms with van der Waals surface area (Å²) in [6, 6.07) is 11.9. The number of rotatable bonds is 5. The molecular formula is C18H14Cl2N2O4. The van der Waals surface area contributed by atoms with Crippen LogP contribution in [0, 0.1) is 0 Å². The van der Waals surface area contributed by atoms with E-state index >= 15 is 0 Å². The Morgan fingerprint density at radius 1 is 1.12 bits per heavy atom. The summed E-state index contributed by atoms with van der Waals surface area (Å²) in [6.07, 6.45) is -0.753. The summed E-state index contributed by atoms with van der Waals surface area (Å²) in [5.41, 5.74) is 0.891. The number of hydrogen-bond donors (Lipinski definition) is 0. The van der Waals surface area contributed by atoms with E-state index in [1.807, 2.05) is 0 Å². The van der Waals surface area contributed by atoms with Crippen LogP contribution in [0.5, 0.6) is 5.75 Å². The van der Waals surface area contributed by atoms with Gasteiger partial charge in [0.25, 0.3) is 5.89 Å². The fourth-order valence-corrected chi connectivity index (χ4v) is 2.56. The molecule has 1 aromatic heterocycles. The molecule has 8 heteroatoms. The third kappa shape index (κ3) is 3.81. The van der Waals surface area contributed by atoms with E-state index in [0.29, 0.717) is 11.6 Å². The van der Waals surface area contributed by atoms with Crippen LogP contribution >= 0.6 is 23.2 Å². The van der Waals surface area contributed by atoms with Crippen molar-refractivity contribution in [2.75, 3.05) is 7.11 Å². The monoisotopic (exact) mass is 392 g/mol. The van der Waals surface area contributed by atoms with Crippen molar-refractivity contribution in [3.05, 3.63) is 64.0 Å². The summed E-state index contributed by atoms with van der Waals surface area (Å²) in [7, 11) is 1.59. The molecule has 0 fully saturated rings. The van der Waals surface area contributed by atoms with Crippen molar-refractivity contribution in [3.63, 3.8) is 0 Å². The standard InChI is InChI=1S/C18H14Cl2N2O4/c1-10(25-18(23)13-4-3-5-14(19)15(13)20)16-21-22-17(26-16)11-6-8-12(24-2)9-7-11/h3-10H,1-2H3. The van der Waals surface area contributed by atoms with E-state index in [1.165, 1.54) is 6.07 Å². The van der Waals surface area contributed by atoms with Gasteiger partial charge in [0, 0.05) is 5.56 Å². The maximum absolute atomic E-state index is 12.3. The molecule has 3 aromatic rings. The highest BCUT2D eigenvalue weighted by Gasteiger charge is 2.22. The van der Waals surface area contributed by atoms with Crippen molar-refractivity contribution < 1.29 is 18.7 Å². The van der Waals surface area contributed by atoms with Crippen LogP contribution in [0.4, 0.5) is 0 Å². The lowest BCUT2D eigenvalue weighted by molar-refractivity contribution is 0.0280. The van der Waals surface area contributed by atoms with Gasteiger partial charge in [0.2, 0.25) is 5.89 Å². The van der Waals surface area contributed by atoms with Crippen LogP contribution in [-0.4, -0.2) is 23.3 Å². The fourth-order valence-electron chi connectivity index (χ4n) is 2.19. The van der Waals surface area contributed by atoms with E-state index in [9.17, 15) is 4.79 Å². The van der Waals surface area contributed by atoms with Crippen LogP contribution in [-0.2, 0) is 4.74 Å². The van der Waals surface area contributed by atoms with E-state index in [4.69, 9.17) is 37.1 Å². The van der Waals surface area contributed by atoms with E-state index in [1.54, 1.807) is 50.4 Å². The Kier molecular flexibility index (Phi) is 5.44. The summed E-state index contributed by atoms with van der Waals surface area (Å²) in [4.78, 5) is 12.3. The topological polar surface area (TPSA) is 74.5 Å². The molecule has 0 amide bonds. The number of esters is 1. The molecule has 0 aliphatic carbocycles. The fraction of sp³-hybridized carbons (Fsp3) is 0.167. The van der Waals surface area contributed by atoms with Gasteiger partial charge in [-0.25, -0.2) is 4.79 Å². The second-order valence-electron chi connectivity index (χ2n) is 5.32. The van der Waals surface area contributed by atoms with Crippen LogP contribution in [0.15, 0.2) is 46.9 Å². The second-order valence-corrected chi connectivity index (χ2v) is 6.11. The maximum atomic E-state index is 12.3. The number of aromatic nitrogens is 2. The number of carbonyl (C=O) groups is 1. The number of carbonyl (C=O) groups excluding carboxylic acids is 1. The van der Waals surface area contributed by atoms with E-state index in [2.05, 4.69) is 10.2 Å². The van der Waals surface area contributed by atoms with Gasteiger partial charge in [0.1, 0.15) is 5.75 Å². The Morgan fingerprint density at radius 2 is 1.85 bits per heavy atom. The molecule has 0 spiro atoms. The first kappa shape index (κ1) is 18.2. The van der Waals surface area contributed by atoms with Crippen LogP contribution in [0.3, 0.4) is 0 Å². The number of hydrogen-bond acceptors (Lipinski definition) is 6. The average Bonchev–Trinajstić information content (AvgIpc) is 3.14. The number of nitrogens with zero attached hydrogens (tertiary/aromatic N) is 2. The predicted octanol–water partition coefficient (Wildman–Crippen LogP) is 4.97. The third-order valence-corrected chi connectivity index (χ3v) is 4.40. The Bertz CT molecular complexity index is 925. The molecule has 2 aromatic carbocycles. The average molecular weight is 393 g/mol. The van der Waals surface area contributed by atoms with Crippen LogP contribution < -0.4 is 4.74 Å². The zero-order chi connectivity index (χ0) is 18.7. The molecule has 0 aliphatic rings. The molecule has 134 valence electrons. The zero-order valence-electron chi connectivity index (χ0n) is 13.9. The Labute approximate surface area is 159 Å². The molecule has 0 N–H and O–H groups in total. The highest BCUT2D eigenvalue weighted by molar-refractivity contribution is 6.43. The van der Waals surface area contributed by atoms with E-state index in [-0.39, 0.29) is 21.5 Å². The van der Waals surface area contributed by atoms with Crippen LogP contribution in [0.25, 0.3) is 11.5 Å². The third-order valence-electron chi connectivity index (χ3n) is 3.58. The molecule has 26 heavy (non-hydrogen) atoms. The first-order chi connectivity index (χ1) is 12.5. The van der Waals surface area contributed by atoms with Crippen molar-refractivity contribution in [1.82, 2.24) is 10.2 Å². The van der Waals surface area contributed by atoms with Crippen molar-refractivity contribution in [1.29, 1.82) is 0 Å². The lowest BCUT2D eigenvalue weighted by atomic mass is 10.2. The minimum absolute atomic E-state index is 0.135. The highest BCUT2D eigenvalue weighted by Crippen LogP contribution is 2.28. The molecule has 0 radical (unpaired) electrons. The molecule has 1 unspecified atom stereocenters. The molecule has 0 bridgehead atoms. The Hall–Kier alpha value is -2.57. The molecule has 0 saturated heterocycles. The van der Waals surface area contributed by atoms with Gasteiger partial charge < -0.3 is 13.9 Å². The zero-order valence-corrected chi connectivity index (χ0v) is 15.4. The molecule has 0 saturated carbocycles. The summed E-state index contributed by atoms with van der Waals surface area (Å²) in [5, 5.41) is 8.32. The van der Waals surface area contributed by atoms with Gasteiger partial charge in [-0.05, 0) is 43.3 Å². The summed E-state index contributed by atoms with van der Waals surface area (Å²) in [6.45, 7) is 1.63. The minimum Gasteiger partial charge on any atom is -0.497 e. The maximum Gasteiger partial charge on any atom is 0.340 e. The van der Waals surface area contributed by atoms with Crippen molar-refractivity contribution in [3.8, 4) is 17.2 Å². The number of methoxy groups -OCH3 is 1. The van der Waals surface area contributed by atoms with Gasteiger partial charge in [0.05, 0.1) is 22.7 Å². The highest BCUT2D eigenvalue weighted by atomic mass is 35.5. The smallest absolute Gasteiger partial charge is 0.340 e. The van der Waals surface area contributed by atoms with E-state index < -0.39 is 12.1 Å². The van der Waals surface area contributed by atoms with E-state index in [0.717, 1.165) is 5.56 Å². The van der Waals surface area contributed by atoms with Gasteiger partial charge in [0.15, 0.2) is 6.10 Å². The van der Waals surface area contributed by atoms with Gasteiger partial charge in [-0.1, -0.05) is 29.3 Å². The molecule has 6 nitrogen and oxygen atoms in total.